The molecule has 0 spiro atoms. The van der Waals surface area contributed by atoms with Crippen molar-refractivity contribution in [2.45, 2.75) is 95.8 Å². The highest BCUT2D eigenvalue weighted by Crippen LogP contribution is 2.54. The second kappa shape index (κ2) is 6.25. The molecule has 2 heterocycles. The molecule has 0 aromatic rings. The van der Waals surface area contributed by atoms with Crippen molar-refractivity contribution in [3.05, 3.63) is 0 Å². The minimum absolute atomic E-state index is 0.347. The first kappa shape index (κ1) is 17.3. The van der Waals surface area contributed by atoms with Gasteiger partial charge in [-0.1, -0.05) is 6.42 Å². The minimum Gasteiger partial charge on any atom is -0.295 e. The van der Waals surface area contributed by atoms with E-state index in [-0.39, 0.29) is 0 Å². The van der Waals surface area contributed by atoms with Gasteiger partial charge in [-0.3, -0.25) is 4.90 Å². The maximum absolute atomic E-state index is 2.83. The zero-order valence-electron chi connectivity index (χ0n) is 16.7. The molecular formula is C21H39N3. The zero-order chi connectivity index (χ0) is 17.1. The molecule has 2 saturated heterocycles. The third kappa shape index (κ3) is 2.95. The summed E-state index contributed by atoms with van der Waals surface area (Å²) in [6, 6.07) is 2.54. The lowest BCUT2D eigenvalue weighted by atomic mass is 9.79. The third-order valence-corrected chi connectivity index (χ3v) is 7.63. The Labute approximate surface area is 149 Å². The average molecular weight is 334 g/mol. The Hall–Kier alpha value is -0.120. The topological polar surface area (TPSA) is 9.72 Å². The second-order valence-corrected chi connectivity index (χ2v) is 10.3. The van der Waals surface area contributed by atoms with Gasteiger partial charge in [0.2, 0.25) is 0 Å². The number of nitrogens with zero attached hydrogens (tertiary/aromatic N) is 3. The van der Waals surface area contributed by atoms with Crippen molar-refractivity contribution in [3.63, 3.8) is 0 Å². The molecule has 3 heteroatoms. The molecule has 2 aliphatic heterocycles. The normalized spacial score (nSPS) is 42.0. The van der Waals surface area contributed by atoms with E-state index in [4.69, 9.17) is 0 Å². The van der Waals surface area contributed by atoms with E-state index in [0.717, 1.165) is 35.9 Å². The largest absolute Gasteiger partial charge is 0.295 e. The molecular weight excluding hydrogens is 294 g/mol. The Kier molecular flexibility index (Phi) is 4.50. The highest BCUT2D eigenvalue weighted by molar-refractivity contribution is 5.08. The van der Waals surface area contributed by atoms with Crippen LogP contribution in [0, 0.1) is 17.8 Å². The third-order valence-electron chi connectivity index (χ3n) is 7.63. The molecule has 2 aliphatic carbocycles. The van der Waals surface area contributed by atoms with E-state index in [0.29, 0.717) is 5.54 Å². The summed E-state index contributed by atoms with van der Waals surface area (Å²) in [4.78, 5) is 2.83. The van der Waals surface area contributed by atoms with Crippen LogP contribution in [-0.4, -0.2) is 59.2 Å². The van der Waals surface area contributed by atoms with Crippen LogP contribution in [0.4, 0.5) is 0 Å². The van der Waals surface area contributed by atoms with Gasteiger partial charge in [0.1, 0.15) is 0 Å². The van der Waals surface area contributed by atoms with Crippen LogP contribution >= 0.6 is 0 Å². The summed E-state index contributed by atoms with van der Waals surface area (Å²) in [6.07, 6.45) is 11.7. The van der Waals surface area contributed by atoms with Crippen LogP contribution in [-0.2, 0) is 0 Å². The van der Waals surface area contributed by atoms with Crippen molar-refractivity contribution in [2.24, 2.45) is 17.8 Å². The first-order valence-corrected chi connectivity index (χ1v) is 10.6. The molecule has 0 amide bonds. The molecule has 2 saturated carbocycles. The lowest BCUT2D eigenvalue weighted by Gasteiger charge is -2.43. The van der Waals surface area contributed by atoms with E-state index in [1.54, 1.807) is 0 Å². The second-order valence-electron chi connectivity index (χ2n) is 10.3. The van der Waals surface area contributed by atoms with Gasteiger partial charge < -0.3 is 0 Å². The Balaban J connectivity index is 1.43. The number of likely N-dealkylation sites (tertiary alicyclic amines) is 1. The highest BCUT2D eigenvalue weighted by Gasteiger charge is 2.56. The fraction of sp³-hybridized carbons (Fsp3) is 1.00. The minimum atomic E-state index is 0.347. The van der Waals surface area contributed by atoms with Crippen LogP contribution in [0.1, 0.15) is 72.1 Å². The first-order valence-electron chi connectivity index (χ1n) is 10.6. The van der Waals surface area contributed by atoms with Crippen LogP contribution < -0.4 is 0 Å². The molecule has 138 valence electrons. The summed E-state index contributed by atoms with van der Waals surface area (Å²) in [6.45, 7) is 8.56. The predicted molar refractivity (Wildman–Crippen MR) is 101 cm³/mol. The molecule has 4 fully saturated rings. The van der Waals surface area contributed by atoms with Gasteiger partial charge in [0.25, 0.3) is 0 Å². The van der Waals surface area contributed by atoms with Gasteiger partial charge in [-0.25, -0.2) is 10.0 Å². The molecule has 0 aromatic carbocycles. The Bertz CT molecular complexity index is 450. The van der Waals surface area contributed by atoms with Crippen molar-refractivity contribution >= 4 is 0 Å². The SMILES string of the molecule is CN(C)N1C(C2CCC2)CCC1[C@H]1CC1C1CCCN1C(C)(C)C. The van der Waals surface area contributed by atoms with Gasteiger partial charge in [0.05, 0.1) is 0 Å². The zero-order valence-corrected chi connectivity index (χ0v) is 16.7. The fourth-order valence-electron chi connectivity index (χ4n) is 6.32. The molecule has 4 unspecified atom stereocenters. The maximum atomic E-state index is 2.83. The van der Waals surface area contributed by atoms with E-state index >= 15 is 0 Å². The molecule has 0 bridgehead atoms. The van der Waals surface area contributed by atoms with Crippen LogP contribution in [0.5, 0.6) is 0 Å². The summed E-state index contributed by atoms with van der Waals surface area (Å²) < 4.78 is 0. The average Bonchev–Trinajstić information content (AvgIpc) is 2.90. The van der Waals surface area contributed by atoms with Gasteiger partial charge in [0.15, 0.2) is 0 Å². The van der Waals surface area contributed by atoms with Gasteiger partial charge in [-0.05, 0) is 90.0 Å². The van der Waals surface area contributed by atoms with Crippen molar-refractivity contribution in [2.75, 3.05) is 20.6 Å². The monoisotopic (exact) mass is 333 g/mol. The van der Waals surface area contributed by atoms with Crippen LogP contribution in [0.25, 0.3) is 0 Å². The first-order chi connectivity index (χ1) is 11.4. The van der Waals surface area contributed by atoms with Gasteiger partial charge >= 0.3 is 0 Å². The van der Waals surface area contributed by atoms with Crippen LogP contribution in [0.15, 0.2) is 0 Å². The summed E-state index contributed by atoms with van der Waals surface area (Å²) in [5, 5.41) is 5.27. The Morgan fingerprint density at radius 1 is 0.792 bits per heavy atom. The summed E-state index contributed by atoms with van der Waals surface area (Å²) in [7, 11) is 4.58. The summed E-state index contributed by atoms with van der Waals surface area (Å²) in [5.41, 5.74) is 0.347. The molecule has 0 N–H and O–H groups in total. The Morgan fingerprint density at radius 3 is 2.04 bits per heavy atom. The highest BCUT2D eigenvalue weighted by atomic mass is 15.6. The van der Waals surface area contributed by atoms with Crippen molar-refractivity contribution in [3.8, 4) is 0 Å². The van der Waals surface area contributed by atoms with E-state index in [1.165, 1.54) is 57.9 Å². The smallest absolute Gasteiger partial charge is 0.0281 e. The quantitative estimate of drug-likeness (QED) is 0.770. The van der Waals surface area contributed by atoms with Gasteiger partial charge in [-0.15, -0.1) is 0 Å². The summed E-state index contributed by atoms with van der Waals surface area (Å²) in [5.74, 6) is 2.93. The van der Waals surface area contributed by atoms with Crippen LogP contribution in [0.2, 0.25) is 0 Å². The lowest BCUT2D eigenvalue weighted by Crippen LogP contribution is -2.51. The van der Waals surface area contributed by atoms with Crippen molar-refractivity contribution in [1.82, 2.24) is 14.9 Å². The molecule has 4 aliphatic rings. The molecule has 0 aromatic heterocycles. The van der Waals surface area contributed by atoms with E-state index < -0.39 is 0 Å². The number of rotatable bonds is 4. The summed E-state index contributed by atoms with van der Waals surface area (Å²) >= 11 is 0. The van der Waals surface area contributed by atoms with E-state index in [9.17, 15) is 0 Å². The van der Waals surface area contributed by atoms with Gasteiger partial charge in [-0.2, -0.15) is 0 Å². The lowest BCUT2D eigenvalue weighted by molar-refractivity contribution is -0.0636. The van der Waals surface area contributed by atoms with Crippen molar-refractivity contribution in [1.29, 1.82) is 0 Å². The molecule has 24 heavy (non-hydrogen) atoms. The fourth-order valence-corrected chi connectivity index (χ4v) is 6.32. The maximum Gasteiger partial charge on any atom is 0.0281 e. The molecule has 3 nitrogen and oxygen atoms in total. The number of hydrogen-bond donors (Lipinski definition) is 0. The molecule has 4 rings (SSSR count). The number of hydrazine groups is 1. The van der Waals surface area contributed by atoms with E-state index in [2.05, 4.69) is 49.8 Å². The predicted octanol–water partition coefficient (Wildman–Crippen LogP) is 4.00. The van der Waals surface area contributed by atoms with E-state index in [1.807, 2.05) is 0 Å². The standard InChI is InChI=1S/C21H39N3/c1-21(2,3)23-13-7-10-19(23)16-14-17(16)20-12-11-18(15-8-6-9-15)24(20)22(4)5/h15-20H,6-14H2,1-5H3/t16?,17-,18?,19?,20?/m0/s1. The molecule has 0 radical (unpaired) electrons. The Morgan fingerprint density at radius 2 is 1.46 bits per heavy atom. The molecule has 5 atom stereocenters. The van der Waals surface area contributed by atoms with Gasteiger partial charge in [0, 0.05) is 37.8 Å². The van der Waals surface area contributed by atoms with Crippen LogP contribution in [0.3, 0.4) is 0 Å². The number of hydrogen-bond acceptors (Lipinski definition) is 3. The van der Waals surface area contributed by atoms with Crippen molar-refractivity contribution < 1.29 is 0 Å².